The van der Waals surface area contributed by atoms with Crippen LogP contribution in [-0.4, -0.2) is 0 Å². The average Bonchev–Trinajstić information content (AvgIpc) is 3.95. The molecule has 8 heteroatoms. The first kappa shape index (κ1) is 30.4. The SMILES string of the molecule is C=C1C=CC=C1C=C1C(=C2Sc3ccccc3S2)C(=C2Sc3ccccc3S2)C(=C2Sc3ccccc3S2)C1=C1Sc2ccccc2S1. The zero-order valence-corrected chi connectivity index (χ0v) is 31.6. The molecular weight excluding hydrogens is 737 g/mol. The van der Waals surface area contributed by atoms with Crippen LogP contribution in [0, 0.1) is 0 Å². The molecule has 4 aliphatic heterocycles. The monoisotopic (exact) mass is 758 g/mol. The van der Waals surface area contributed by atoms with Crippen LogP contribution in [0.2, 0.25) is 0 Å². The van der Waals surface area contributed by atoms with Gasteiger partial charge < -0.3 is 0 Å². The molecule has 0 nitrogen and oxygen atoms in total. The number of allylic oxidation sites excluding steroid dienone is 11. The normalized spacial score (nSPS) is 19.1. The maximum Gasteiger partial charge on any atom is 0.0585 e. The first-order chi connectivity index (χ1) is 23.7. The summed E-state index contributed by atoms with van der Waals surface area (Å²) in [5, 5.41) is 0. The highest BCUT2D eigenvalue weighted by Crippen LogP contribution is 2.68. The predicted molar refractivity (Wildman–Crippen MR) is 215 cm³/mol. The molecule has 230 valence electrons. The molecule has 0 radical (unpaired) electrons. The second-order valence-corrected chi connectivity index (χ2v) is 20.8. The van der Waals surface area contributed by atoms with Crippen LogP contribution in [-0.2, 0) is 0 Å². The van der Waals surface area contributed by atoms with Crippen LogP contribution in [0.5, 0.6) is 0 Å². The summed E-state index contributed by atoms with van der Waals surface area (Å²) in [4.78, 5) is 10.7. The third-order valence-corrected chi connectivity index (χ3v) is 18.6. The molecule has 1 fully saturated rings. The van der Waals surface area contributed by atoms with Crippen LogP contribution in [0.1, 0.15) is 0 Å². The molecule has 6 aliphatic rings. The Morgan fingerprint density at radius 1 is 0.396 bits per heavy atom. The lowest BCUT2D eigenvalue weighted by atomic mass is 10.0. The van der Waals surface area contributed by atoms with Crippen molar-refractivity contribution in [2.24, 2.45) is 0 Å². The van der Waals surface area contributed by atoms with Crippen molar-refractivity contribution in [1.29, 1.82) is 0 Å². The Labute approximate surface area is 314 Å². The summed E-state index contributed by atoms with van der Waals surface area (Å²) < 4.78 is 5.42. The lowest BCUT2D eigenvalue weighted by Crippen LogP contribution is -1.90. The van der Waals surface area contributed by atoms with Crippen molar-refractivity contribution in [3.63, 3.8) is 0 Å². The van der Waals surface area contributed by atoms with Gasteiger partial charge in [-0.1, -0.05) is 167 Å². The Bertz CT molecular complexity index is 2110. The molecular formula is C40H22S8. The summed E-state index contributed by atoms with van der Waals surface area (Å²) >= 11 is 15.4. The van der Waals surface area contributed by atoms with Crippen molar-refractivity contribution in [3.8, 4) is 0 Å². The highest BCUT2D eigenvalue weighted by Gasteiger charge is 2.43. The molecule has 0 N–H and O–H groups in total. The minimum absolute atomic E-state index is 1.06. The van der Waals surface area contributed by atoms with Crippen LogP contribution in [0.25, 0.3) is 0 Å². The minimum atomic E-state index is 1.06. The van der Waals surface area contributed by atoms with E-state index in [0.717, 1.165) is 5.57 Å². The lowest BCUT2D eigenvalue weighted by molar-refractivity contribution is 1.27. The highest BCUT2D eigenvalue weighted by molar-refractivity contribution is 8.26. The molecule has 48 heavy (non-hydrogen) atoms. The van der Waals surface area contributed by atoms with Gasteiger partial charge in [0.05, 0.1) is 16.9 Å². The van der Waals surface area contributed by atoms with Crippen LogP contribution in [0.15, 0.2) is 223 Å². The number of thioether (sulfide) groups is 8. The molecule has 0 saturated heterocycles. The van der Waals surface area contributed by atoms with Crippen molar-refractivity contribution in [1.82, 2.24) is 0 Å². The van der Waals surface area contributed by atoms with Crippen LogP contribution in [0.4, 0.5) is 0 Å². The third-order valence-electron chi connectivity index (χ3n) is 8.37. The summed E-state index contributed by atoms with van der Waals surface area (Å²) in [5.74, 6) is 0. The quantitative estimate of drug-likeness (QED) is 0.186. The first-order valence-corrected chi connectivity index (χ1v) is 21.8. The van der Waals surface area contributed by atoms with Crippen molar-refractivity contribution in [2.75, 3.05) is 0 Å². The minimum Gasteiger partial charge on any atom is -0.0912 e. The number of rotatable bonds is 1. The summed E-state index contributed by atoms with van der Waals surface area (Å²) in [6.07, 6.45) is 8.91. The number of fused-ring (bicyclic) bond motifs is 4. The first-order valence-electron chi connectivity index (χ1n) is 15.3. The average molecular weight is 759 g/mol. The second kappa shape index (κ2) is 12.4. The van der Waals surface area contributed by atoms with Crippen LogP contribution < -0.4 is 0 Å². The molecule has 2 aliphatic carbocycles. The smallest absolute Gasteiger partial charge is 0.0585 e. The molecule has 0 amide bonds. The second-order valence-electron chi connectivity index (χ2n) is 11.3. The number of hydrogen-bond donors (Lipinski definition) is 0. The van der Waals surface area contributed by atoms with E-state index in [9.17, 15) is 0 Å². The Morgan fingerprint density at radius 2 is 0.688 bits per heavy atom. The van der Waals surface area contributed by atoms with Gasteiger partial charge in [0.2, 0.25) is 0 Å². The lowest BCUT2D eigenvalue weighted by Gasteiger charge is -2.12. The van der Waals surface area contributed by atoms with Gasteiger partial charge in [-0.15, -0.1) is 0 Å². The van der Waals surface area contributed by atoms with Gasteiger partial charge >= 0.3 is 0 Å². The fraction of sp³-hybridized carbons (Fsp3) is 0. The van der Waals surface area contributed by atoms with Gasteiger partial charge in [-0.05, 0) is 71.3 Å². The van der Waals surface area contributed by atoms with Gasteiger partial charge in [0.25, 0.3) is 0 Å². The topological polar surface area (TPSA) is 0 Å². The highest BCUT2D eigenvalue weighted by atomic mass is 32.2. The molecule has 4 aromatic rings. The summed E-state index contributed by atoms with van der Waals surface area (Å²) in [6.45, 7) is 4.44. The number of benzene rings is 4. The molecule has 4 aromatic carbocycles. The van der Waals surface area contributed by atoms with Gasteiger partial charge in [0, 0.05) is 61.5 Å². The summed E-state index contributed by atoms with van der Waals surface area (Å²) in [7, 11) is 0. The Morgan fingerprint density at radius 3 is 0.958 bits per heavy atom. The van der Waals surface area contributed by atoms with Crippen molar-refractivity contribution < 1.29 is 0 Å². The van der Waals surface area contributed by atoms with Crippen molar-refractivity contribution in [2.45, 2.75) is 39.2 Å². The standard InChI is InChI=1S/C40H22S8/c1-22-11-10-12-23(22)21-24-33(37-41-25-13-2-3-14-26(25)42-37)35(39-45-29-17-6-7-18-30(29)46-39)36(40-47-31-19-8-9-20-32(31)48-40)34(24)38-43-27-15-4-5-16-28(27)44-38/h2-21H,1H2. The summed E-state index contributed by atoms with van der Waals surface area (Å²) in [6, 6.07) is 35.5. The van der Waals surface area contributed by atoms with E-state index in [0.29, 0.717) is 0 Å². The Hall–Kier alpha value is -2.40. The Balaban J connectivity index is 1.30. The zero-order valence-electron chi connectivity index (χ0n) is 25.0. The summed E-state index contributed by atoms with van der Waals surface area (Å²) in [5.41, 5.74) is 8.98. The molecule has 0 atom stereocenters. The molecule has 0 bridgehead atoms. The van der Waals surface area contributed by atoms with Gasteiger partial charge in [-0.25, -0.2) is 0 Å². The molecule has 10 rings (SSSR count). The molecule has 0 unspecified atom stereocenters. The van der Waals surface area contributed by atoms with E-state index < -0.39 is 0 Å². The Kier molecular flexibility index (Phi) is 7.88. The van der Waals surface area contributed by atoms with E-state index in [1.54, 1.807) is 0 Å². The molecule has 0 spiro atoms. The van der Waals surface area contributed by atoms with Gasteiger partial charge in [0.1, 0.15) is 0 Å². The maximum absolute atomic E-state index is 4.44. The van der Waals surface area contributed by atoms with Gasteiger partial charge in [-0.3, -0.25) is 0 Å². The van der Waals surface area contributed by atoms with Crippen LogP contribution >= 0.6 is 94.1 Å². The van der Waals surface area contributed by atoms with E-state index in [1.165, 1.54) is 89.6 Å². The van der Waals surface area contributed by atoms with Crippen molar-refractivity contribution in [3.05, 3.63) is 184 Å². The fourth-order valence-corrected chi connectivity index (χ4v) is 16.6. The zero-order chi connectivity index (χ0) is 31.8. The van der Waals surface area contributed by atoms with E-state index in [1.807, 2.05) is 94.1 Å². The molecule has 4 heterocycles. The van der Waals surface area contributed by atoms with Crippen LogP contribution in [0.3, 0.4) is 0 Å². The van der Waals surface area contributed by atoms with Gasteiger partial charge in [0.15, 0.2) is 0 Å². The predicted octanol–water partition coefficient (Wildman–Crippen LogP) is 14.4. The van der Waals surface area contributed by atoms with Crippen molar-refractivity contribution >= 4 is 94.1 Å². The third kappa shape index (κ3) is 5.18. The van der Waals surface area contributed by atoms with E-state index in [4.69, 9.17) is 0 Å². The van der Waals surface area contributed by atoms with Gasteiger partial charge in [-0.2, -0.15) is 0 Å². The molecule has 1 saturated carbocycles. The van der Waals surface area contributed by atoms with E-state index in [-0.39, 0.29) is 0 Å². The number of hydrogen-bond acceptors (Lipinski definition) is 8. The molecule has 0 aromatic heterocycles. The largest absolute Gasteiger partial charge is 0.0912 e. The van der Waals surface area contributed by atoms with E-state index >= 15 is 0 Å². The van der Waals surface area contributed by atoms with E-state index in [2.05, 4.69) is 128 Å². The maximum atomic E-state index is 4.44. The fourth-order valence-electron chi connectivity index (χ4n) is 6.15.